The molecule has 0 aromatic heterocycles. The Morgan fingerprint density at radius 1 is 1.27 bits per heavy atom. The summed E-state index contributed by atoms with van der Waals surface area (Å²) < 4.78 is 5.58. The molecule has 3 atom stereocenters. The Morgan fingerprint density at radius 2 is 2.00 bits per heavy atom. The highest BCUT2D eigenvalue weighted by atomic mass is 16.5. The van der Waals surface area contributed by atoms with Crippen LogP contribution in [0.5, 0.6) is 0 Å². The van der Waals surface area contributed by atoms with Crippen molar-refractivity contribution < 1.29 is 9.53 Å². The first-order valence-corrected chi connectivity index (χ1v) is 6.13. The highest BCUT2D eigenvalue weighted by Crippen LogP contribution is 2.46. The van der Waals surface area contributed by atoms with Gasteiger partial charge in [0.25, 0.3) is 0 Å². The molecule has 0 N–H and O–H groups in total. The van der Waals surface area contributed by atoms with E-state index in [4.69, 9.17) is 4.74 Å². The van der Waals surface area contributed by atoms with E-state index in [1.807, 2.05) is 0 Å². The summed E-state index contributed by atoms with van der Waals surface area (Å²) in [5, 5.41) is 0. The molecule has 2 bridgehead atoms. The molecule has 2 nitrogen and oxygen atoms in total. The van der Waals surface area contributed by atoms with Crippen molar-refractivity contribution in [2.45, 2.75) is 59.0 Å². The molecule has 2 rings (SSSR count). The number of esters is 1. The van der Waals surface area contributed by atoms with Gasteiger partial charge in [0.05, 0.1) is 6.42 Å². The van der Waals surface area contributed by atoms with Crippen molar-refractivity contribution in [3.05, 3.63) is 0 Å². The van der Waals surface area contributed by atoms with E-state index in [9.17, 15) is 4.79 Å². The summed E-state index contributed by atoms with van der Waals surface area (Å²) in [6.07, 6.45) is 5.85. The fraction of sp³-hybridized carbons (Fsp3) is 0.923. The first kappa shape index (κ1) is 11.0. The quantitative estimate of drug-likeness (QED) is 0.654. The fourth-order valence-corrected chi connectivity index (χ4v) is 2.97. The minimum absolute atomic E-state index is 0.0000463. The van der Waals surface area contributed by atoms with Crippen LogP contribution in [0.4, 0.5) is 0 Å². The maximum absolute atomic E-state index is 11.7. The zero-order chi connectivity index (χ0) is 11.1. The van der Waals surface area contributed by atoms with Crippen LogP contribution in [0.2, 0.25) is 0 Å². The van der Waals surface area contributed by atoms with Crippen molar-refractivity contribution in [2.24, 2.45) is 17.3 Å². The second-order valence-corrected chi connectivity index (χ2v) is 6.44. The summed E-state index contributed by atoms with van der Waals surface area (Å²) in [4.78, 5) is 11.7. The maximum Gasteiger partial charge on any atom is 0.306 e. The minimum Gasteiger partial charge on any atom is -0.462 e. The number of ether oxygens (including phenoxy) is 1. The van der Waals surface area contributed by atoms with E-state index in [0.717, 1.165) is 12.3 Å². The lowest BCUT2D eigenvalue weighted by atomic mass is 9.92. The first-order chi connectivity index (χ1) is 6.94. The Hall–Kier alpha value is -0.530. The second kappa shape index (κ2) is 3.80. The number of carbonyl (C=O) groups is 1. The van der Waals surface area contributed by atoms with Crippen molar-refractivity contribution in [1.29, 1.82) is 0 Å². The van der Waals surface area contributed by atoms with Gasteiger partial charge in [-0.15, -0.1) is 0 Å². The topological polar surface area (TPSA) is 26.3 Å². The Morgan fingerprint density at radius 3 is 2.47 bits per heavy atom. The van der Waals surface area contributed by atoms with Crippen LogP contribution in [0, 0.1) is 17.3 Å². The summed E-state index contributed by atoms with van der Waals surface area (Å²) in [7, 11) is 0. The molecule has 0 aliphatic heterocycles. The molecule has 0 amide bonds. The third kappa shape index (κ3) is 2.73. The Labute approximate surface area is 92.4 Å². The lowest BCUT2D eigenvalue weighted by Crippen LogP contribution is -2.26. The van der Waals surface area contributed by atoms with Crippen LogP contribution in [0.25, 0.3) is 0 Å². The van der Waals surface area contributed by atoms with Gasteiger partial charge >= 0.3 is 5.97 Å². The average molecular weight is 210 g/mol. The molecule has 0 unspecified atom stereocenters. The third-order valence-corrected chi connectivity index (χ3v) is 3.63. The van der Waals surface area contributed by atoms with E-state index in [0.29, 0.717) is 12.3 Å². The second-order valence-electron chi connectivity index (χ2n) is 6.44. The monoisotopic (exact) mass is 210 g/mol. The molecule has 0 heterocycles. The van der Waals surface area contributed by atoms with Crippen LogP contribution in [0.15, 0.2) is 0 Å². The molecule has 2 saturated carbocycles. The van der Waals surface area contributed by atoms with Crippen molar-refractivity contribution in [3.8, 4) is 0 Å². The van der Waals surface area contributed by atoms with E-state index >= 15 is 0 Å². The summed E-state index contributed by atoms with van der Waals surface area (Å²) in [6, 6.07) is 0. The molecule has 2 heteroatoms. The predicted octanol–water partition coefficient (Wildman–Crippen LogP) is 3.15. The van der Waals surface area contributed by atoms with Gasteiger partial charge in [-0.05, 0) is 42.9 Å². The number of hydrogen-bond acceptors (Lipinski definition) is 2. The smallest absolute Gasteiger partial charge is 0.306 e. The van der Waals surface area contributed by atoms with E-state index in [1.165, 1.54) is 19.3 Å². The van der Waals surface area contributed by atoms with Crippen LogP contribution < -0.4 is 0 Å². The van der Waals surface area contributed by atoms with E-state index in [-0.39, 0.29) is 17.5 Å². The van der Waals surface area contributed by atoms with E-state index < -0.39 is 0 Å². The lowest BCUT2D eigenvalue weighted by Gasteiger charge is -2.24. The molecule has 2 aliphatic carbocycles. The van der Waals surface area contributed by atoms with Crippen LogP contribution in [-0.2, 0) is 9.53 Å². The van der Waals surface area contributed by atoms with Crippen molar-refractivity contribution in [1.82, 2.24) is 0 Å². The summed E-state index contributed by atoms with van der Waals surface area (Å²) in [6.45, 7) is 6.24. The van der Waals surface area contributed by atoms with Gasteiger partial charge in [-0.1, -0.05) is 20.8 Å². The molecule has 2 fully saturated rings. The van der Waals surface area contributed by atoms with Gasteiger partial charge in [-0.2, -0.15) is 0 Å². The normalized spacial score (nSPS) is 34.5. The summed E-state index contributed by atoms with van der Waals surface area (Å²) in [5.74, 6) is 1.53. The van der Waals surface area contributed by atoms with Gasteiger partial charge < -0.3 is 4.74 Å². The minimum atomic E-state index is 0.0000463. The van der Waals surface area contributed by atoms with Gasteiger partial charge in [-0.25, -0.2) is 0 Å². The van der Waals surface area contributed by atoms with Crippen LogP contribution in [-0.4, -0.2) is 12.1 Å². The highest BCUT2D eigenvalue weighted by molar-refractivity contribution is 5.70. The molecule has 0 saturated heterocycles. The predicted molar refractivity (Wildman–Crippen MR) is 59.4 cm³/mol. The SMILES string of the molecule is CC(C)(C)CC(=O)O[C@H]1C[C@@H]2CC[C@H]1C2. The highest BCUT2D eigenvalue weighted by Gasteiger charge is 2.41. The van der Waals surface area contributed by atoms with E-state index in [2.05, 4.69) is 20.8 Å². The van der Waals surface area contributed by atoms with Gasteiger partial charge in [0.15, 0.2) is 0 Å². The van der Waals surface area contributed by atoms with Crippen molar-refractivity contribution >= 4 is 5.97 Å². The Balaban J connectivity index is 1.80. The zero-order valence-corrected chi connectivity index (χ0v) is 10.1. The Kier molecular flexibility index (Phi) is 2.78. The maximum atomic E-state index is 11.7. The van der Waals surface area contributed by atoms with Crippen LogP contribution >= 0.6 is 0 Å². The zero-order valence-electron chi connectivity index (χ0n) is 10.1. The van der Waals surface area contributed by atoms with Crippen molar-refractivity contribution in [2.75, 3.05) is 0 Å². The molecule has 15 heavy (non-hydrogen) atoms. The molecule has 0 radical (unpaired) electrons. The first-order valence-electron chi connectivity index (χ1n) is 6.13. The molecule has 0 aromatic carbocycles. The van der Waals surface area contributed by atoms with Crippen LogP contribution in [0.1, 0.15) is 52.9 Å². The fourth-order valence-electron chi connectivity index (χ4n) is 2.97. The average Bonchev–Trinajstić information content (AvgIpc) is 2.60. The largest absolute Gasteiger partial charge is 0.462 e. The van der Waals surface area contributed by atoms with Gasteiger partial charge in [-0.3, -0.25) is 4.79 Å². The van der Waals surface area contributed by atoms with Gasteiger partial charge in [0, 0.05) is 0 Å². The number of rotatable bonds is 2. The number of carbonyl (C=O) groups excluding carboxylic acids is 1. The summed E-state index contributed by atoms with van der Waals surface area (Å²) in [5.41, 5.74) is 0.0503. The van der Waals surface area contributed by atoms with Gasteiger partial charge in [0.2, 0.25) is 0 Å². The third-order valence-electron chi connectivity index (χ3n) is 3.63. The van der Waals surface area contributed by atoms with Crippen molar-refractivity contribution in [3.63, 3.8) is 0 Å². The number of fused-ring (bicyclic) bond motifs is 2. The molecule has 0 aromatic rings. The molecular formula is C13H22O2. The van der Waals surface area contributed by atoms with Gasteiger partial charge in [0.1, 0.15) is 6.10 Å². The Bertz CT molecular complexity index is 252. The molecule has 2 aliphatic rings. The lowest BCUT2D eigenvalue weighted by molar-refractivity contribution is -0.153. The molecular weight excluding hydrogens is 188 g/mol. The standard InChI is InChI=1S/C13H22O2/c1-13(2,3)8-12(14)15-11-7-9-4-5-10(11)6-9/h9-11H,4-8H2,1-3H3/t9-,10+,11+/m1/s1. The molecule has 0 spiro atoms. The molecule has 86 valence electrons. The number of hydrogen-bond donors (Lipinski definition) is 0. The van der Waals surface area contributed by atoms with E-state index in [1.54, 1.807) is 0 Å². The summed E-state index contributed by atoms with van der Waals surface area (Å²) >= 11 is 0. The van der Waals surface area contributed by atoms with Crippen LogP contribution in [0.3, 0.4) is 0 Å².